The summed E-state index contributed by atoms with van der Waals surface area (Å²) in [6.45, 7) is 1.94. The first-order chi connectivity index (χ1) is 9.24. The summed E-state index contributed by atoms with van der Waals surface area (Å²) in [5.41, 5.74) is 2.06. The van der Waals surface area contributed by atoms with E-state index in [2.05, 4.69) is 0 Å². The molecule has 2 aromatic rings. The van der Waals surface area contributed by atoms with Crippen LogP contribution in [0.3, 0.4) is 0 Å². The van der Waals surface area contributed by atoms with Gasteiger partial charge >= 0.3 is 0 Å². The van der Waals surface area contributed by atoms with E-state index < -0.39 is 6.10 Å². The second kappa shape index (κ2) is 6.50. The molecule has 0 amide bonds. The maximum Gasteiger partial charge on any atom is 0.0696 e. The molecule has 19 heavy (non-hydrogen) atoms. The average Bonchev–Trinajstić information content (AvgIpc) is 2.49. The van der Waals surface area contributed by atoms with Gasteiger partial charge in [-0.1, -0.05) is 67.6 Å². The van der Waals surface area contributed by atoms with E-state index in [1.54, 1.807) is 0 Å². The first kappa shape index (κ1) is 13.8. The Morgan fingerprint density at radius 2 is 1.32 bits per heavy atom. The molecule has 0 saturated carbocycles. The molecular weight excluding hydrogens is 236 g/mol. The van der Waals surface area contributed by atoms with Gasteiger partial charge in [0.25, 0.3) is 0 Å². The maximum absolute atomic E-state index is 10.5. The molecule has 0 aliphatic rings. The van der Waals surface area contributed by atoms with Crippen molar-refractivity contribution in [1.29, 1.82) is 0 Å². The van der Waals surface area contributed by atoms with Gasteiger partial charge in [-0.25, -0.2) is 0 Å². The second-order valence-corrected chi connectivity index (χ2v) is 4.89. The average molecular weight is 256 g/mol. The highest BCUT2D eigenvalue weighted by Crippen LogP contribution is 2.29. The Labute approximate surface area is 114 Å². The number of aliphatic hydroxyl groups excluding tert-OH is 2. The zero-order chi connectivity index (χ0) is 13.7. The van der Waals surface area contributed by atoms with Crippen LogP contribution in [0.5, 0.6) is 0 Å². The third kappa shape index (κ3) is 3.22. The maximum atomic E-state index is 10.5. The normalized spacial score (nSPS) is 15.7. The monoisotopic (exact) mass is 256 g/mol. The van der Waals surface area contributed by atoms with Crippen molar-refractivity contribution < 1.29 is 10.2 Å². The van der Waals surface area contributed by atoms with Crippen LogP contribution >= 0.6 is 0 Å². The zero-order valence-corrected chi connectivity index (χ0v) is 11.1. The van der Waals surface area contributed by atoms with Crippen molar-refractivity contribution in [2.45, 2.75) is 24.9 Å². The molecular formula is C17H20O2. The van der Waals surface area contributed by atoms with Gasteiger partial charge in [0, 0.05) is 11.8 Å². The fourth-order valence-electron chi connectivity index (χ4n) is 2.41. The van der Waals surface area contributed by atoms with Crippen LogP contribution in [0.25, 0.3) is 0 Å². The molecule has 0 aliphatic carbocycles. The van der Waals surface area contributed by atoms with Crippen molar-refractivity contribution in [3.63, 3.8) is 0 Å². The highest BCUT2D eigenvalue weighted by molar-refractivity contribution is 5.25. The Balaban J connectivity index is 2.20. The number of hydrogen-bond donors (Lipinski definition) is 2. The Kier molecular flexibility index (Phi) is 4.72. The largest absolute Gasteiger partial charge is 0.396 e. The van der Waals surface area contributed by atoms with E-state index in [9.17, 15) is 10.2 Å². The van der Waals surface area contributed by atoms with Crippen molar-refractivity contribution in [3.8, 4) is 0 Å². The summed E-state index contributed by atoms with van der Waals surface area (Å²) in [5.74, 6) is -0.269. The predicted octanol–water partition coefficient (Wildman–Crippen LogP) is 2.93. The summed E-state index contributed by atoms with van der Waals surface area (Å²) in [7, 11) is 0. The molecule has 2 heteroatoms. The van der Waals surface area contributed by atoms with Crippen molar-refractivity contribution in [2.24, 2.45) is 0 Å². The van der Waals surface area contributed by atoms with Gasteiger partial charge in [-0.15, -0.1) is 0 Å². The van der Waals surface area contributed by atoms with Crippen LogP contribution in [-0.2, 0) is 0 Å². The third-order valence-corrected chi connectivity index (χ3v) is 3.67. The molecule has 100 valence electrons. The first-order valence-electron chi connectivity index (χ1n) is 6.63. The lowest BCUT2D eigenvalue weighted by Gasteiger charge is -2.27. The third-order valence-electron chi connectivity index (χ3n) is 3.67. The van der Waals surface area contributed by atoms with Gasteiger partial charge in [0.2, 0.25) is 0 Å². The van der Waals surface area contributed by atoms with Gasteiger partial charge < -0.3 is 10.2 Å². The topological polar surface area (TPSA) is 40.5 Å². The number of hydrogen-bond acceptors (Lipinski definition) is 2. The minimum Gasteiger partial charge on any atom is -0.396 e. The SMILES string of the molecule is CC(c1ccccc1)C(O)C(CO)c1ccccc1. The van der Waals surface area contributed by atoms with Crippen LogP contribution in [-0.4, -0.2) is 22.9 Å². The van der Waals surface area contributed by atoms with Crippen molar-refractivity contribution >= 4 is 0 Å². The van der Waals surface area contributed by atoms with Crippen molar-refractivity contribution in [2.75, 3.05) is 6.61 Å². The van der Waals surface area contributed by atoms with Crippen LogP contribution in [0, 0.1) is 0 Å². The van der Waals surface area contributed by atoms with Crippen LogP contribution < -0.4 is 0 Å². The lowest BCUT2D eigenvalue weighted by Crippen LogP contribution is -2.27. The van der Waals surface area contributed by atoms with Gasteiger partial charge in [0.05, 0.1) is 12.7 Å². The molecule has 0 aliphatic heterocycles. The van der Waals surface area contributed by atoms with Crippen LogP contribution in [0.15, 0.2) is 60.7 Å². The summed E-state index contributed by atoms with van der Waals surface area (Å²) < 4.78 is 0. The molecule has 3 atom stereocenters. The lowest BCUT2D eigenvalue weighted by molar-refractivity contribution is 0.0875. The smallest absolute Gasteiger partial charge is 0.0696 e. The number of aliphatic hydroxyl groups is 2. The summed E-state index contributed by atoms with van der Waals surface area (Å²) >= 11 is 0. The summed E-state index contributed by atoms with van der Waals surface area (Å²) in [4.78, 5) is 0. The van der Waals surface area contributed by atoms with E-state index in [-0.39, 0.29) is 18.4 Å². The Bertz CT molecular complexity index is 481. The standard InChI is InChI=1S/C17H20O2/c1-13(14-8-4-2-5-9-14)17(19)16(12-18)15-10-6-3-7-11-15/h2-11,13,16-19H,12H2,1H3. The Morgan fingerprint density at radius 1 is 0.842 bits per heavy atom. The lowest BCUT2D eigenvalue weighted by atomic mass is 9.84. The van der Waals surface area contributed by atoms with E-state index in [1.807, 2.05) is 67.6 Å². The highest BCUT2D eigenvalue weighted by Gasteiger charge is 2.26. The first-order valence-corrected chi connectivity index (χ1v) is 6.63. The van der Waals surface area contributed by atoms with Crippen LogP contribution in [0.1, 0.15) is 29.9 Å². The number of rotatable bonds is 5. The molecule has 3 unspecified atom stereocenters. The van der Waals surface area contributed by atoms with E-state index in [4.69, 9.17) is 0 Å². The molecule has 2 nitrogen and oxygen atoms in total. The summed E-state index contributed by atoms with van der Waals surface area (Å²) in [6, 6.07) is 19.6. The van der Waals surface area contributed by atoms with Crippen LogP contribution in [0.2, 0.25) is 0 Å². The molecule has 0 heterocycles. The van der Waals surface area contributed by atoms with Gasteiger partial charge in [-0.3, -0.25) is 0 Å². The number of benzene rings is 2. The van der Waals surface area contributed by atoms with Crippen molar-refractivity contribution in [1.82, 2.24) is 0 Å². The fourth-order valence-corrected chi connectivity index (χ4v) is 2.41. The Morgan fingerprint density at radius 3 is 1.79 bits per heavy atom. The summed E-state index contributed by atoms with van der Waals surface area (Å²) in [5, 5.41) is 20.1. The van der Waals surface area contributed by atoms with Crippen molar-refractivity contribution in [3.05, 3.63) is 71.8 Å². The quantitative estimate of drug-likeness (QED) is 0.863. The fraction of sp³-hybridized carbons (Fsp3) is 0.294. The molecule has 2 N–H and O–H groups in total. The molecule has 0 bridgehead atoms. The van der Waals surface area contributed by atoms with E-state index in [0.717, 1.165) is 11.1 Å². The minimum atomic E-state index is -0.602. The molecule has 0 spiro atoms. The summed E-state index contributed by atoms with van der Waals surface area (Å²) in [6.07, 6.45) is -0.602. The zero-order valence-electron chi connectivity index (χ0n) is 11.1. The minimum absolute atomic E-state index is 0.0152. The van der Waals surface area contributed by atoms with Gasteiger partial charge in [-0.2, -0.15) is 0 Å². The van der Waals surface area contributed by atoms with Gasteiger partial charge in [-0.05, 0) is 11.1 Å². The molecule has 0 fully saturated rings. The van der Waals surface area contributed by atoms with E-state index in [1.165, 1.54) is 0 Å². The van der Waals surface area contributed by atoms with Gasteiger partial charge in [0.1, 0.15) is 0 Å². The molecule has 0 radical (unpaired) electrons. The molecule has 0 saturated heterocycles. The predicted molar refractivity (Wildman–Crippen MR) is 77.1 cm³/mol. The van der Waals surface area contributed by atoms with Gasteiger partial charge in [0.15, 0.2) is 0 Å². The highest BCUT2D eigenvalue weighted by atomic mass is 16.3. The van der Waals surface area contributed by atoms with Crippen LogP contribution in [0.4, 0.5) is 0 Å². The van der Waals surface area contributed by atoms with E-state index >= 15 is 0 Å². The second-order valence-electron chi connectivity index (χ2n) is 4.89. The Hall–Kier alpha value is -1.64. The molecule has 2 aromatic carbocycles. The molecule has 0 aromatic heterocycles. The molecule has 2 rings (SSSR count). The van der Waals surface area contributed by atoms with E-state index in [0.29, 0.717) is 0 Å².